The molecular formula is C21H24N4O4. The van der Waals surface area contributed by atoms with Crippen LogP contribution in [0.2, 0.25) is 0 Å². The molecular weight excluding hydrogens is 372 g/mol. The first-order chi connectivity index (χ1) is 14.0. The van der Waals surface area contributed by atoms with Gasteiger partial charge in [-0.15, -0.1) is 0 Å². The highest BCUT2D eigenvalue weighted by molar-refractivity contribution is 6.00. The Morgan fingerprint density at radius 2 is 1.90 bits per heavy atom. The molecule has 1 fully saturated rings. The van der Waals surface area contributed by atoms with Crippen molar-refractivity contribution in [3.05, 3.63) is 64.2 Å². The summed E-state index contributed by atoms with van der Waals surface area (Å²) in [4.78, 5) is 37.2. The summed E-state index contributed by atoms with van der Waals surface area (Å²) in [6.07, 6.45) is 0.996. The summed E-state index contributed by atoms with van der Waals surface area (Å²) >= 11 is 0. The Morgan fingerprint density at radius 3 is 2.66 bits per heavy atom. The quantitative estimate of drug-likeness (QED) is 0.406. The van der Waals surface area contributed by atoms with E-state index in [1.165, 1.54) is 6.07 Å². The van der Waals surface area contributed by atoms with E-state index in [0.29, 0.717) is 25.3 Å². The van der Waals surface area contributed by atoms with Crippen LogP contribution in [0.15, 0.2) is 48.5 Å². The Kier molecular flexibility index (Phi) is 6.43. The molecule has 3 rings (SSSR count). The van der Waals surface area contributed by atoms with Gasteiger partial charge in [-0.2, -0.15) is 0 Å². The molecule has 0 radical (unpaired) electrons. The number of nitro benzene ring substituents is 1. The number of carbonyl (C=O) groups is 2. The molecule has 8 heteroatoms. The van der Waals surface area contributed by atoms with Gasteiger partial charge in [0.15, 0.2) is 0 Å². The minimum Gasteiger partial charge on any atom is -0.378 e. The standard InChI is InChI=1S/C21H24N4O4/c1-2-15-7-3-5-9-18(15)24-14-16(13-20(24)26)21(27)23-12-11-22-17-8-4-6-10-19(17)25(28)29/h3-10,16,22H,2,11-14H2,1H3,(H,23,27)/t16-/m1/s1. The van der Waals surface area contributed by atoms with E-state index in [0.717, 1.165) is 17.7 Å². The zero-order valence-corrected chi connectivity index (χ0v) is 16.3. The molecule has 2 aromatic carbocycles. The number of para-hydroxylation sites is 3. The molecule has 1 saturated heterocycles. The molecule has 29 heavy (non-hydrogen) atoms. The van der Waals surface area contributed by atoms with E-state index in [9.17, 15) is 19.7 Å². The first-order valence-electron chi connectivity index (χ1n) is 9.64. The van der Waals surface area contributed by atoms with Gasteiger partial charge in [-0.05, 0) is 24.1 Å². The van der Waals surface area contributed by atoms with Crippen molar-refractivity contribution in [3.63, 3.8) is 0 Å². The van der Waals surface area contributed by atoms with Crippen molar-refractivity contribution < 1.29 is 14.5 Å². The predicted octanol–water partition coefficient (Wildman–Crippen LogP) is 2.74. The molecule has 2 N–H and O–H groups in total. The highest BCUT2D eigenvalue weighted by Crippen LogP contribution is 2.28. The normalized spacial score (nSPS) is 16.0. The molecule has 0 spiro atoms. The van der Waals surface area contributed by atoms with Gasteiger partial charge >= 0.3 is 0 Å². The Morgan fingerprint density at radius 1 is 1.17 bits per heavy atom. The van der Waals surface area contributed by atoms with Gasteiger partial charge in [0.2, 0.25) is 11.8 Å². The summed E-state index contributed by atoms with van der Waals surface area (Å²) in [5.74, 6) is -0.637. The number of amides is 2. The Balaban J connectivity index is 1.52. The number of rotatable bonds is 8. The Labute approximate surface area is 169 Å². The van der Waals surface area contributed by atoms with Crippen molar-refractivity contribution in [2.75, 3.05) is 29.9 Å². The largest absolute Gasteiger partial charge is 0.378 e. The zero-order chi connectivity index (χ0) is 20.8. The number of nitrogens with zero attached hydrogens (tertiary/aromatic N) is 2. The van der Waals surface area contributed by atoms with Crippen LogP contribution in [-0.4, -0.2) is 36.4 Å². The van der Waals surface area contributed by atoms with E-state index in [1.807, 2.05) is 31.2 Å². The average Bonchev–Trinajstić information content (AvgIpc) is 3.12. The summed E-state index contributed by atoms with van der Waals surface area (Å²) in [6.45, 7) is 3.05. The van der Waals surface area contributed by atoms with Crippen LogP contribution in [0, 0.1) is 16.0 Å². The minimum absolute atomic E-state index is 0.00884. The van der Waals surface area contributed by atoms with Gasteiger partial charge in [-0.1, -0.05) is 37.3 Å². The van der Waals surface area contributed by atoms with Crippen LogP contribution in [0.1, 0.15) is 18.9 Å². The van der Waals surface area contributed by atoms with Crippen molar-refractivity contribution in [2.45, 2.75) is 19.8 Å². The van der Waals surface area contributed by atoms with Gasteiger partial charge < -0.3 is 15.5 Å². The van der Waals surface area contributed by atoms with Gasteiger partial charge in [0.25, 0.3) is 5.69 Å². The molecule has 2 aromatic rings. The predicted molar refractivity (Wildman–Crippen MR) is 111 cm³/mol. The fourth-order valence-electron chi connectivity index (χ4n) is 3.50. The van der Waals surface area contributed by atoms with Crippen molar-refractivity contribution >= 4 is 28.9 Å². The lowest BCUT2D eigenvalue weighted by Crippen LogP contribution is -2.35. The van der Waals surface area contributed by atoms with Gasteiger partial charge in [-0.3, -0.25) is 19.7 Å². The van der Waals surface area contributed by atoms with Crippen LogP contribution in [-0.2, 0) is 16.0 Å². The number of aryl methyl sites for hydroxylation is 1. The lowest BCUT2D eigenvalue weighted by molar-refractivity contribution is -0.384. The smallest absolute Gasteiger partial charge is 0.292 e. The molecule has 2 amide bonds. The fraction of sp³-hybridized carbons (Fsp3) is 0.333. The van der Waals surface area contributed by atoms with Crippen molar-refractivity contribution in [1.82, 2.24) is 5.32 Å². The van der Waals surface area contributed by atoms with Crippen LogP contribution in [0.25, 0.3) is 0 Å². The van der Waals surface area contributed by atoms with Gasteiger partial charge in [0, 0.05) is 37.8 Å². The second kappa shape index (κ2) is 9.18. The number of nitro groups is 1. The summed E-state index contributed by atoms with van der Waals surface area (Å²) in [7, 11) is 0. The van der Waals surface area contributed by atoms with Gasteiger partial charge in [0.05, 0.1) is 10.8 Å². The van der Waals surface area contributed by atoms with E-state index in [2.05, 4.69) is 10.6 Å². The molecule has 0 saturated carbocycles. The first-order valence-corrected chi connectivity index (χ1v) is 9.64. The summed E-state index contributed by atoms with van der Waals surface area (Å²) in [5.41, 5.74) is 2.35. The molecule has 1 aliphatic heterocycles. The third-order valence-electron chi connectivity index (χ3n) is 5.00. The summed E-state index contributed by atoms with van der Waals surface area (Å²) in [6, 6.07) is 14.1. The molecule has 0 bridgehead atoms. The second-order valence-corrected chi connectivity index (χ2v) is 6.88. The maximum atomic E-state index is 12.5. The second-order valence-electron chi connectivity index (χ2n) is 6.88. The number of carbonyl (C=O) groups excluding carboxylic acids is 2. The SMILES string of the molecule is CCc1ccccc1N1C[C@H](C(=O)NCCNc2ccccc2[N+](=O)[O-])CC1=O. The lowest BCUT2D eigenvalue weighted by Gasteiger charge is -2.20. The van der Waals surface area contributed by atoms with Crippen LogP contribution in [0.5, 0.6) is 0 Å². The molecule has 152 valence electrons. The van der Waals surface area contributed by atoms with E-state index >= 15 is 0 Å². The molecule has 0 unspecified atom stereocenters. The van der Waals surface area contributed by atoms with Crippen molar-refractivity contribution in [1.29, 1.82) is 0 Å². The third kappa shape index (κ3) is 4.71. The van der Waals surface area contributed by atoms with E-state index < -0.39 is 10.8 Å². The molecule has 1 atom stereocenters. The van der Waals surface area contributed by atoms with Crippen molar-refractivity contribution in [2.24, 2.45) is 5.92 Å². The topological polar surface area (TPSA) is 105 Å². The number of benzene rings is 2. The van der Waals surface area contributed by atoms with E-state index in [-0.39, 0.29) is 23.9 Å². The zero-order valence-electron chi connectivity index (χ0n) is 16.3. The van der Waals surface area contributed by atoms with Gasteiger partial charge in [-0.25, -0.2) is 0 Å². The minimum atomic E-state index is -0.451. The molecule has 1 aliphatic rings. The van der Waals surface area contributed by atoms with Crippen LogP contribution in [0.4, 0.5) is 17.1 Å². The van der Waals surface area contributed by atoms with Crippen LogP contribution < -0.4 is 15.5 Å². The van der Waals surface area contributed by atoms with Gasteiger partial charge in [0.1, 0.15) is 5.69 Å². The highest BCUT2D eigenvalue weighted by Gasteiger charge is 2.35. The monoisotopic (exact) mass is 396 g/mol. The van der Waals surface area contributed by atoms with Crippen molar-refractivity contribution in [3.8, 4) is 0 Å². The van der Waals surface area contributed by atoms with Crippen LogP contribution >= 0.6 is 0 Å². The summed E-state index contributed by atoms with van der Waals surface area (Å²) in [5, 5.41) is 16.8. The number of hydrogen-bond acceptors (Lipinski definition) is 5. The molecule has 8 nitrogen and oxygen atoms in total. The number of hydrogen-bond donors (Lipinski definition) is 2. The lowest BCUT2D eigenvalue weighted by atomic mass is 10.1. The number of anilines is 2. The maximum absolute atomic E-state index is 12.5. The van der Waals surface area contributed by atoms with Crippen LogP contribution in [0.3, 0.4) is 0 Å². The first kappa shape index (κ1) is 20.3. The van der Waals surface area contributed by atoms with E-state index in [4.69, 9.17) is 0 Å². The maximum Gasteiger partial charge on any atom is 0.292 e. The fourth-order valence-corrected chi connectivity index (χ4v) is 3.50. The molecule has 0 aromatic heterocycles. The average molecular weight is 396 g/mol. The molecule has 1 heterocycles. The Bertz CT molecular complexity index is 915. The third-order valence-corrected chi connectivity index (χ3v) is 5.00. The Hall–Kier alpha value is -3.42. The summed E-state index contributed by atoms with van der Waals surface area (Å²) < 4.78 is 0. The van der Waals surface area contributed by atoms with E-state index in [1.54, 1.807) is 23.1 Å². The molecule has 0 aliphatic carbocycles. The number of nitrogens with one attached hydrogen (secondary N) is 2. The highest BCUT2D eigenvalue weighted by atomic mass is 16.6.